The van der Waals surface area contributed by atoms with E-state index in [1.165, 1.54) is 0 Å². The Kier molecular flexibility index (Phi) is 5.46. The molecule has 4 heteroatoms. The highest BCUT2D eigenvalue weighted by Gasteiger charge is 2.07. The van der Waals surface area contributed by atoms with Crippen molar-refractivity contribution in [1.82, 2.24) is 10.6 Å². The zero-order valence-electron chi connectivity index (χ0n) is 8.94. The van der Waals surface area contributed by atoms with E-state index < -0.39 is 0 Å². The molecule has 0 spiro atoms. The number of hydrogen-bond acceptors (Lipinski definition) is 3. The van der Waals surface area contributed by atoms with Crippen LogP contribution in [0.15, 0.2) is 0 Å². The molecule has 1 amide bonds. The number of carbonyl (C=O) groups excluding carboxylic acids is 1. The third-order valence-corrected chi connectivity index (χ3v) is 1.33. The molecule has 0 rings (SSSR count). The molecule has 0 aromatic carbocycles. The molecule has 2 N–H and O–H groups in total. The fourth-order valence-corrected chi connectivity index (χ4v) is 0.784. The molecule has 0 radical (unpaired) electrons. The molecule has 0 saturated heterocycles. The second-order valence-corrected chi connectivity index (χ2v) is 3.82. The summed E-state index contributed by atoms with van der Waals surface area (Å²) in [6.45, 7) is 9.79. The van der Waals surface area contributed by atoms with E-state index in [4.69, 9.17) is 4.74 Å². The number of rotatable bonds is 4. The summed E-state index contributed by atoms with van der Waals surface area (Å²) in [6, 6.07) is 0. The lowest BCUT2D eigenvalue weighted by Crippen LogP contribution is -2.41. The first-order chi connectivity index (χ1) is 5.95. The summed E-state index contributed by atoms with van der Waals surface area (Å²) in [7, 11) is 0. The van der Waals surface area contributed by atoms with Crippen LogP contribution in [0.3, 0.4) is 0 Å². The number of nitrogens with one attached hydrogen (secondary N) is 2. The van der Waals surface area contributed by atoms with Gasteiger partial charge in [-0.2, -0.15) is 0 Å². The summed E-state index contributed by atoms with van der Waals surface area (Å²) in [5.74, 6) is 0. The van der Waals surface area contributed by atoms with Gasteiger partial charge >= 0.3 is 6.09 Å². The Hall–Kier alpha value is -0.770. The van der Waals surface area contributed by atoms with Crippen LogP contribution in [-0.4, -0.2) is 31.3 Å². The fourth-order valence-electron chi connectivity index (χ4n) is 0.784. The molecule has 0 aromatic rings. The van der Waals surface area contributed by atoms with Gasteiger partial charge in [0, 0.05) is 18.6 Å². The summed E-state index contributed by atoms with van der Waals surface area (Å²) in [4.78, 5) is 10.8. The first kappa shape index (κ1) is 12.2. The van der Waals surface area contributed by atoms with Gasteiger partial charge in [-0.15, -0.1) is 0 Å². The van der Waals surface area contributed by atoms with E-state index in [2.05, 4.69) is 31.4 Å². The minimum absolute atomic E-state index is 0.0936. The molecule has 0 atom stereocenters. The highest BCUT2D eigenvalue weighted by molar-refractivity contribution is 5.66. The average molecular weight is 188 g/mol. The van der Waals surface area contributed by atoms with Gasteiger partial charge < -0.3 is 15.4 Å². The molecule has 4 nitrogen and oxygen atoms in total. The van der Waals surface area contributed by atoms with E-state index in [9.17, 15) is 4.79 Å². The molecular weight excluding hydrogens is 168 g/mol. The van der Waals surface area contributed by atoms with E-state index in [0.29, 0.717) is 13.2 Å². The summed E-state index contributed by atoms with van der Waals surface area (Å²) < 4.78 is 4.70. The first-order valence-electron chi connectivity index (χ1n) is 4.61. The molecule has 0 aliphatic heterocycles. The standard InChI is InChI=1S/C9H20N2O2/c1-5-13-8(12)10-6-7-11-9(2,3)4/h11H,5-7H2,1-4H3,(H,10,12). The van der Waals surface area contributed by atoms with Crippen molar-refractivity contribution in [2.45, 2.75) is 33.2 Å². The van der Waals surface area contributed by atoms with E-state index >= 15 is 0 Å². The topological polar surface area (TPSA) is 50.4 Å². The maximum atomic E-state index is 10.8. The van der Waals surface area contributed by atoms with Crippen LogP contribution in [0, 0.1) is 0 Å². The zero-order valence-corrected chi connectivity index (χ0v) is 8.94. The Morgan fingerprint density at radius 3 is 2.38 bits per heavy atom. The summed E-state index contributed by atoms with van der Waals surface area (Å²) in [6.07, 6.45) is -0.349. The van der Waals surface area contributed by atoms with Crippen LogP contribution in [-0.2, 0) is 4.74 Å². The monoisotopic (exact) mass is 188 g/mol. The Balaban J connectivity index is 3.31. The minimum Gasteiger partial charge on any atom is -0.450 e. The number of alkyl carbamates (subject to hydrolysis) is 1. The zero-order chi connectivity index (χ0) is 10.3. The van der Waals surface area contributed by atoms with Crippen molar-refractivity contribution in [3.63, 3.8) is 0 Å². The minimum atomic E-state index is -0.349. The first-order valence-corrected chi connectivity index (χ1v) is 4.61. The fraction of sp³-hybridized carbons (Fsp3) is 0.889. The van der Waals surface area contributed by atoms with Crippen LogP contribution in [0.25, 0.3) is 0 Å². The molecule has 0 aliphatic carbocycles. The summed E-state index contributed by atoms with van der Waals surface area (Å²) in [5.41, 5.74) is 0.0936. The maximum Gasteiger partial charge on any atom is 0.407 e. The largest absolute Gasteiger partial charge is 0.450 e. The van der Waals surface area contributed by atoms with Gasteiger partial charge in [-0.25, -0.2) is 4.79 Å². The van der Waals surface area contributed by atoms with Crippen LogP contribution in [0.4, 0.5) is 4.79 Å². The van der Waals surface area contributed by atoms with Gasteiger partial charge in [0.1, 0.15) is 0 Å². The van der Waals surface area contributed by atoms with Crippen LogP contribution in [0.2, 0.25) is 0 Å². The van der Waals surface area contributed by atoms with Crippen LogP contribution in [0.5, 0.6) is 0 Å². The van der Waals surface area contributed by atoms with Crippen molar-refractivity contribution in [3.05, 3.63) is 0 Å². The summed E-state index contributed by atoms with van der Waals surface area (Å²) >= 11 is 0. The van der Waals surface area contributed by atoms with Gasteiger partial charge in [-0.05, 0) is 27.7 Å². The molecule has 0 aliphatic rings. The van der Waals surface area contributed by atoms with E-state index in [1.807, 2.05) is 0 Å². The molecule has 78 valence electrons. The van der Waals surface area contributed by atoms with Crippen LogP contribution >= 0.6 is 0 Å². The van der Waals surface area contributed by atoms with Gasteiger partial charge in [-0.3, -0.25) is 0 Å². The molecule has 0 saturated carbocycles. The average Bonchev–Trinajstić information content (AvgIpc) is 1.97. The predicted molar refractivity (Wildman–Crippen MR) is 52.8 cm³/mol. The smallest absolute Gasteiger partial charge is 0.407 e. The van der Waals surface area contributed by atoms with E-state index in [1.54, 1.807) is 6.92 Å². The normalized spacial score (nSPS) is 11.1. The molecular formula is C9H20N2O2. The molecule has 13 heavy (non-hydrogen) atoms. The van der Waals surface area contributed by atoms with Crippen LogP contribution < -0.4 is 10.6 Å². The maximum absolute atomic E-state index is 10.8. The second-order valence-electron chi connectivity index (χ2n) is 3.82. The van der Waals surface area contributed by atoms with Crippen molar-refractivity contribution in [2.24, 2.45) is 0 Å². The summed E-state index contributed by atoms with van der Waals surface area (Å²) in [5, 5.41) is 5.88. The quantitative estimate of drug-likeness (QED) is 0.650. The third-order valence-electron chi connectivity index (χ3n) is 1.33. The van der Waals surface area contributed by atoms with Crippen molar-refractivity contribution in [2.75, 3.05) is 19.7 Å². The lowest BCUT2D eigenvalue weighted by Gasteiger charge is -2.20. The molecule has 0 heterocycles. The third kappa shape index (κ3) is 9.14. The second kappa shape index (κ2) is 5.80. The van der Waals surface area contributed by atoms with Gasteiger partial charge in [0.25, 0.3) is 0 Å². The molecule has 0 aromatic heterocycles. The molecule has 0 bridgehead atoms. The Bertz CT molecular complexity index is 152. The predicted octanol–water partition coefficient (Wildman–Crippen LogP) is 1.12. The Labute approximate surface area is 80.0 Å². The van der Waals surface area contributed by atoms with Crippen LogP contribution in [0.1, 0.15) is 27.7 Å². The lowest BCUT2D eigenvalue weighted by molar-refractivity contribution is 0.152. The highest BCUT2D eigenvalue weighted by Crippen LogP contribution is 1.96. The van der Waals surface area contributed by atoms with Crippen molar-refractivity contribution >= 4 is 6.09 Å². The van der Waals surface area contributed by atoms with Gasteiger partial charge in [0.2, 0.25) is 0 Å². The molecule has 0 unspecified atom stereocenters. The Morgan fingerprint density at radius 1 is 1.31 bits per heavy atom. The number of ether oxygens (including phenoxy) is 1. The van der Waals surface area contributed by atoms with Gasteiger partial charge in [-0.1, -0.05) is 0 Å². The van der Waals surface area contributed by atoms with E-state index in [-0.39, 0.29) is 11.6 Å². The molecule has 0 fully saturated rings. The van der Waals surface area contributed by atoms with Crippen molar-refractivity contribution in [1.29, 1.82) is 0 Å². The number of carbonyl (C=O) groups is 1. The SMILES string of the molecule is CCOC(=O)NCCNC(C)(C)C. The van der Waals surface area contributed by atoms with Crippen molar-refractivity contribution < 1.29 is 9.53 Å². The van der Waals surface area contributed by atoms with E-state index in [0.717, 1.165) is 6.54 Å². The lowest BCUT2D eigenvalue weighted by atomic mass is 10.1. The highest BCUT2D eigenvalue weighted by atomic mass is 16.5. The number of hydrogen-bond donors (Lipinski definition) is 2. The Morgan fingerprint density at radius 2 is 1.92 bits per heavy atom. The van der Waals surface area contributed by atoms with Gasteiger partial charge in [0.15, 0.2) is 0 Å². The number of amides is 1. The van der Waals surface area contributed by atoms with Gasteiger partial charge in [0.05, 0.1) is 6.61 Å². The van der Waals surface area contributed by atoms with Crippen molar-refractivity contribution in [3.8, 4) is 0 Å².